The summed E-state index contributed by atoms with van der Waals surface area (Å²) < 4.78 is 3.54. The van der Waals surface area contributed by atoms with Gasteiger partial charge in [0, 0.05) is 18.4 Å². The Labute approximate surface area is 183 Å². The number of fused-ring (bicyclic) bond motifs is 1. The first-order valence-electron chi connectivity index (χ1n) is 10.1. The Balaban J connectivity index is 1.26. The Bertz CT molecular complexity index is 1370. The number of nitrogen functional groups attached to an aromatic ring is 1. The van der Waals surface area contributed by atoms with Gasteiger partial charge in [-0.15, -0.1) is 0 Å². The third kappa shape index (κ3) is 3.79. The maximum absolute atomic E-state index is 12.7. The van der Waals surface area contributed by atoms with Crippen molar-refractivity contribution in [1.82, 2.24) is 34.6 Å². The van der Waals surface area contributed by atoms with Gasteiger partial charge < -0.3 is 11.1 Å². The summed E-state index contributed by atoms with van der Waals surface area (Å²) in [5.41, 5.74) is 10.5. The zero-order chi connectivity index (χ0) is 21.9. The third-order valence-electron chi connectivity index (χ3n) is 5.15. The van der Waals surface area contributed by atoms with E-state index in [9.17, 15) is 4.79 Å². The highest BCUT2D eigenvalue weighted by molar-refractivity contribution is 5.92. The summed E-state index contributed by atoms with van der Waals surface area (Å²) >= 11 is 0. The molecule has 0 aliphatic carbocycles. The maximum atomic E-state index is 12.7. The van der Waals surface area contributed by atoms with Crippen LogP contribution in [0, 0.1) is 0 Å². The van der Waals surface area contributed by atoms with Crippen LogP contribution < -0.4 is 11.1 Å². The number of hydrogen-bond acceptors (Lipinski definition) is 6. The fraction of sp³-hybridized carbons (Fsp3) is 0.0870. The molecule has 0 atom stereocenters. The lowest BCUT2D eigenvalue weighted by atomic mass is 10.2. The van der Waals surface area contributed by atoms with E-state index in [1.807, 2.05) is 59.2 Å². The second-order valence-electron chi connectivity index (χ2n) is 7.25. The molecule has 158 valence electrons. The molecule has 0 saturated carbocycles. The van der Waals surface area contributed by atoms with E-state index in [-0.39, 0.29) is 5.91 Å². The van der Waals surface area contributed by atoms with E-state index in [2.05, 4.69) is 25.4 Å². The minimum absolute atomic E-state index is 0.171. The van der Waals surface area contributed by atoms with E-state index in [0.717, 1.165) is 16.8 Å². The van der Waals surface area contributed by atoms with E-state index < -0.39 is 0 Å². The SMILES string of the molecule is Nc1ncnc2c1ncn2-c1ccc(CNC(=O)c2ccnn2Cc2ccccc2)cc1. The second kappa shape index (κ2) is 8.31. The van der Waals surface area contributed by atoms with Crippen molar-refractivity contribution >= 4 is 22.9 Å². The van der Waals surface area contributed by atoms with Crippen molar-refractivity contribution in [2.45, 2.75) is 13.1 Å². The number of nitrogens with zero attached hydrogens (tertiary/aromatic N) is 6. The quantitative estimate of drug-likeness (QED) is 0.433. The van der Waals surface area contributed by atoms with E-state index in [4.69, 9.17) is 5.73 Å². The average molecular weight is 424 g/mol. The number of nitrogens with one attached hydrogen (secondary N) is 1. The number of carbonyl (C=O) groups excluding carboxylic acids is 1. The van der Waals surface area contributed by atoms with Gasteiger partial charge in [0.1, 0.15) is 18.3 Å². The monoisotopic (exact) mass is 424 g/mol. The summed E-state index contributed by atoms with van der Waals surface area (Å²) in [5, 5.41) is 7.25. The van der Waals surface area contributed by atoms with Gasteiger partial charge in [0.25, 0.3) is 5.91 Å². The minimum atomic E-state index is -0.171. The maximum Gasteiger partial charge on any atom is 0.269 e. The van der Waals surface area contributed by atoms with Crippen LogP contribution in [0.15, 0.2) is 79.5 Å². The molecule has 3 N–H and O–H groups in total. The highest BCUT2D eigenvalue weighted by atomic mass is 16.2. The standard InChI is InChI=1S/C23H20N8O/c24-21-20-22(27-14-26-21)30(15-28-20)18-8-6-16(7-9-18)12-25-23(32)19-10-11-29-31(19)13-17-4-2-1-3-5-17/h1-11,14-15H,12-13H2,(H,25,32)(H2,24,26,27). The number of hydrogen-bond donors (Lipinski definition) is 2. The molecule has 5 rings (SSSR count). The molecule has 0 radical (unpaired) electrons. The number of imidazole rings is 1. The lowest BCUT2D eigenvalue weighted by molar-refractivity contribution is 0.0940. The molecular weight excluding hydrogens is 404 g/mol. The van der Waals surface area contributed by atoms with Gasteiger partial charge in [-0.05, 0) is 29.3 Å². The van der Waals surface area contributed by atoms with Gasteiger partial charge in [0.05, 0.1) is 6.54 Å². The van der Waals surface area contributed by atoms with Crippen LogP contribution in [0.1, 0.15) is 21.6 Å². The molecule has 2 aromatic carbocycles. The van der Waals surface area contributed by atoms with E-state index in [1.54, 1.807) is 23.3 Å². The first kappa shape index (κ1) is 19.4. The zero-order valence-electron chi connectivity index (χ0n) is 17.1. The first-order valence-corrected chi connectivity index (χ1v) is 10.1. The fourth-order valence-corrected chi connectivity index (χ4v) is 3.50. The molecule has 9 heteroatoms. The van der Waals surface area contributed by atoms with Crippen LogP contribution in [0.2, 0.25) is 0 Å². The van der Waals surface area contributed by atoms with Crippen LogP contribution in [0.4, 0.5) is 5.82 Å². The summed E-state index contributed by atoms with van der Waals surface area (Å²) in [4.78, 5) is 25.2. The second-order valence-corrected chi connectivity index (χ2v) is 7.25. The number of aromatic nitrogens is 6. The molecule has 3 heterocycles. The van der Waals surface area contributed by atoms with Crippen LogP contribution in [0.3, 0.4) is 0 Å². The minimum Gasteiger partial charge on any atom is -0.382 e. The highest BCUT2D eigenvalue weighted by Crippen LogP contribution is 2.19. The zero-order valence-corrected chi connectivity index (χ0v) is 17.1. The van der Waals surface area contributed by atoms with Crippen LogP contribution >= 0.6 is 0 Å². The molecule has 3 aromatic heterocycles. The number of benzene rings is 2. The molecule has 0 bridgehead atoms. The fourth-order valence-electron chi connectivity index (χ4n) is 3.50. The predicted octanol–water partition coefficient (Wildman–Crippen LogP) is 2.57. The van der Waals surface area contributed by atoms with Crippen molar-refractivity contribution in [3.05, 3.63) is 96.3 Å². The van der Waals surface area contributed by atoms with Gasteiger partial charge in [-0.2, -0.15) is 5.10 Å². The van der Waals surface area contributed by atoms with Crippen LogP contribution in [-0.4, -0.2) is 35.2 Å². The molecule has 0 aliphatic heterocycles. The summed E-state index contributed by atoms with van der Waals surface area (Å²) in [5.74, 6) is 0.176. The lowest BCUT2D eigenvalue weighted by Gasteiger charge is -2.10. The summed E-state index contributed by atoms with van der Waals surface area (Å²) in [6.45, 7) is 0.938. The number of nitrogens with two attached hydrogens (primary N) is 1. The molecular formula is C23H20N8O. The predicted molar refractivity (Wildman–Crippen MR) is 120 cm³/mol. The number of amides is 1. The van der Waals surface area contributed by atoms with Crippen molar-refractivity contribution in [2.75, 3.05) is 5.73 Å². The van der Waals surface area contributed by atoms with E-state index in [1.165, 1.54) is 6.33 Å². The van der Waals surface area contributed by atoms with Gasteiger partial charge in [-0.25, -0.2) is 15.0 Å². The topological polar surface area (TPSA) is 117 Å². The Morgan fingerprint density at radius 1 is 0.938 bits per heavy atom. The molecule has 1 amide bonds. The number of rotatable bonds is 6. The Kier molecular flexibility index (Phi) is 5.04. The Morgan fingerprint density at radius 3 is 2.56 bits per heavy atom. The molecule has 0 saturated heterocycles. The Morgan fingerprint density at radius 2 is 1.75 bits per heavy atom. The van der Waals surface area contributed by atoms with Gasteiger partial charge in [-0.3, -0.25) is 14.0 Å². The summed E-state index contributed by atoms with van der Waals surface area (Å²) in [6, 6.07) is 19.4. The van der Waals surface area contributed by atoms with Crippen molar-refractivity contribution < 1.29 is 4.79 Å². The third-order valence-corrected chi connectivity index (χ3v) is 5.15. The summed E-state index contributed by atoms with van der Waals surface area (Å²) in [7, 11) is 0. The first-order chi connectivity index (χ1) is 15.7. The van der Waals surface area contributed by atoms with E-state index in [0.29, 0.717) is 35.8 Å². The molecule has 5 aromatic rings. The highest BCUT2D eigenvalue weighted by Gasteiger charge is 2.13. The van der Waals surface area contributed by atoms with Gasteiger partial charge in [0.15, 0.2) is 17.0 Å². The normalized spacial score (nSPS) is 11.0. The molecule has 9 nitrogen and oxygen atoms in total. The van der Waals surface area contributed by atoms with Crippen molar-refractivity contribution in [1.29, 1.82) is 0 Å². The van der Waals surface area contributed by atoms with Gasteiger partial charge in [-0.1, -0.05) is 42.5 Å². The van der Waals surface area contributed by atoms with E-state index >= 15 is 0 Å². The molecule has 0 aliphatic rings. The van der Waals surface area contributed by atoms with Crippen LogP contribution in [0.25, 0.3) is 16.9 Å². The number of carbonyl (C=O) groups is 1. The smallest absolute Gasteiger partial charge is 0.269 e. The van der Waals surface area contributed by atoms with Gasteiger partial charge >= 0.3 is 0 Å². The van der Waals surface area contributed by atoms with Crippen molar-refractivity contribution in [3.8, 4) is 5.69 Å². The molecule has 0 fully saturated rings. The Hall–Kier alpha value is -4.53. The lowest BCUT2D eigenvalue weighted by Crippen LogP contribution is -2.26. The van der Waals surface area contributed by atoms with Crippen LogP contribution in [-0.2, 0) is 13.1 Å². The summed E-state index contributed by atoms with van der Waals surface area (Å²) in [6.07, 6.45) is 4.72. The van der Waals surface area contributed by atoms with Crippen molar-refractivity contribution in [3.63, 3.8) is 0 Å². The van der Waals surface area contributed by atoms with Gasteiger partial charge in [0.2, 0.25) is 0 Å². The van der Waals surface area contributed by atoms with Crippen LogP contribution in [0.5, 0.6) is 0 Å². The molecule has 32 heavy (non-hydrogen) atoms. The average Bonchev–Trinajstić information content (AvgIpc) is 3.47. The molecule has 0 spiro atoms. The number of anilines is 1. The van der Waals surface area contributed by atoms with Crippen molar-refractivity contribution in [2.24, 2.45) is 0 Å². The largest absolute Gasteiger partial charge is 0.382 e. The molecule has 0 unspecified atom stereocenters.